The van der Waals surface area contributed by atoms with Crippen molar-refractivity contribution in [2.45, 2.75) is 46.1 Å². The number of aromatic nitrogens is 1. The van der Waals surface area contributed by atoms with Crippen LogP contribution in [0.5, 0.6) is 5.75 Å². The molecule has 104 valence electrons. The van der Waals surface area contributed by atoms with Gasteiger partial charge in [-0.05, 0) is 36.7 Å². The number of ether oxygens (including phenoxy) is 1. The van der Waals surface area contributed by atoms with Crippen molar-refractivity contribution in [2.24, 2.45) is 17.8 Å². The Kier molecular flexibility index (Phi) is 4.56. The first-order valence-corrected chi connectivity index (χ1v) is 7.17. The van der Waals surface area contributed by atoms with Crippen LogP contribution >= 0.6 is 0 Å². The van der Waals surface area contributed by atoms with E-state index in [-0.39, 0.29) is 6.10 Å². The fourth-order valence-electron chi connectivity index (χ4n) is 2.99. The van der Waals surface area contributed by atoms with Gasteiger partial charge >= 0.3 is 0 Å². The second-order valence-electron chi connectivity index (χ2n) is 6.05. The van der Waals surface area contributed by atoms with E-state index in [9.17, 15) is 4.79 Å². The molecule has 3 nitrogen and oxygen atoms in total. The number of carbonyl (C=O) groups excluding carboxylic acids is 1. The summed E-state index contributed by atoms with van der Waals surface area (Å²) in [7, 11) is 0. The molecule has 3 heteroatoms. The Morgan fingerprint density at radius 2 is 2.16 bits per heavy atom. The van der Waals surface area contributed by atoms with Gasteiger partial charge in [0.1, 0.15) is 11.9 Å². The number of carbonyl (C=O) groups is 1. The number of aldehydes is 1. The largest absolute Gasteiger partial charge is 0.488 e. The van der Waals surface area contributed by atoms with Crippen molar-refractivity contribution in [3.63, 3.8) is 0 Å². The lowest BCUT2D eigenvalue weighted by atomic mass is 9.75. The summed E-state index contributed by atoms with van der Waals surface area (Å²) in [5.74, 6) is 2.65. The molecule has 1 aliphatic carbocycles. The Morgan fingerprint density at radius 3 is 2.84 bits per heavy atom. The average Bonchev–Trinajstić information content (AvgIpc) is 2.38. The van der Waals surface area contributed by atoms with E-state index < -0.39 is 0 Å². The first-order valence-electron chi connectivity index (χ1n) is 7.17. The average molecular weight is 261 g/mol. The first kappa shape index (κ1) is 14.0. The van der Waals surface area contributed by atoms with Gasteiger partial charge in [-0.15, -0.1) is 0 Å². The molecule has 0 radical (unpaired) electrons. The van der Waals surface area contributed by atoms with E-state index in [0.717, 1.165) is 12.7 Å². The molecule has 3 atom stereocenters. The molecule has 1 saturated carbocycles. The van der Waals surface area contributed by atoms with Crippen molar-refractivity contribution in [3.05, 3.63) is 24.0 Å². The minimum absolute atomic E-state index is 0.243. The molecule has 0 spiro atoms. The lowest BCUT2D eigenvalue weighted by Gasteiger charge is -2.37. The van der Waals surface area contributed by atoms with Crippen LogP contribution in [0.4, 0.5) is 0 Å². The van der Waals surface area contributed by atoms with Crippen LogP contribution in [0.1, 0.15) is 50.4 Å². The normalized spacial score (nSPS) is 27.3. The second kappa shape index (κ2) is 6.18. The zero-order valence-corrected chi connectivity index (χ0v) is 12.0. The van der Waals surface area contributed by atoms with Crippen molar-refractivity contribution in [1.29, 1.82) is 0 Å². The molecule has 0 aliphatic heterocycles. The molecule has 1 aliphatic rings. The molecule has 0 aromatic carbocycles. The van der Waals surface area contributed by atoms with Crippen LogP contribution < -0.4 is 4.74 Å². The third kappa shape index (κ3) is 3.55. The fraction of sp³-hybridized carbons (Fsp3) is 0.625. The minimum atomic E-state index is 0.243. The predicted molar refractivity (Wildman–Crippen MR) is 75.4 cm³/mol. The molecule has 0 amide bonds. The first-order chi connectivity index (χ1) is 9.10. The van der Waals surface area contributed by atoms with Crippen LogP contribution in [0.3, 0.4) is 0 Å². The summed E-state index contributed by atoms with van der Waals surface area (Å²) in [6.45, 7) is 6.81. The van der Waals surface area contributed by atoms with Crippen molar-refractivity contribution in [1.82, 2.24) is 4.98 Å². The monoisotopic (exact) mass is 261 g/mol. The molecule has 1 aromatic rings. The van der Waals surface area contributed by atoms with Gasteiger partial charge in [0.2, 0.25) is 0 Å². The van der Waals surface area contributed by atoms with E-state index in [1.54, 1.807) is 18.5 Å². The maximum Gasteiger partial charge on any atom is 0.151 e. The molecular formula is C16H23NO2. The molecule has 3 unspecified atom stereocenters. The van der Waals surface area contributed by atoms with Crippen LogP contribution in [0.2, 0.25) is 0 Å². The quantitative estimate of drug-likeness (QED) is 0.775. The second-order valence-corrected chi connectivity index (χ2v) is 6.05. The lowest BCUT2D eigenvalue weighted by Crippen LogP contribution is -2.36. The molecule has 0 N–H and O–H groups in total. The van der Waals surface area contributed by atoms with Crippen LogP contribution in [-0.4, -0.2) is 17.4 Å². The van der Waals surface area contributed by atoms with Gasteiger partial charge in [-0.1, -0.05) is 27.2 Å². The van der Waals surface area contributed by atoms with E-state index in [0.29, 0.717) is 29.1 Å². The van der Waals surface area contributed by atoms with Gasteiger partial charge in [0.05, 0.1) is 6.20 Å². The highest BCUT2D eigenvalue weighted by Crippen LogP contribution is 2.35. The molecule has 1 fully saturated rings. The van der Waals surface area contributed by atoms with Crippen LogP contribution in [0.25, 0.3) is 0 Å². The molecule has 0 bridgehead atoms. The van der Waals surface area contributed by atoms with Gasteiger partial charge < -0.3 is 4.74 Å². The highest BCUT2D eigenvalue weighted by molar-refractivity contribution is 5.74. The Labute approximate surface area is 115 Å². The van der Waals surface area contributed by atoms with Gasteiger partial charge in [-0.2, -0.15) is 0 Å². The van der Waals surface area contributed by atoms with Gasteiger partial charge in [-0.3, -0.25) is 9.78 Å². The number of nitrogens with zero attached hydrogens (tertiary/aromatic N) is 1. The zero-order chi connectivity index (χ0) is 13.8. The summed E-state index contributed by atoms with van der Waals surface area (Å²) >= 11 is 0. The van der Waals surface area contributed by atoms with Crippen molar-refractivity contribution < 1.29 is 9.53 Å². The van der Waals surface area contributed by atoms with E-state index in [1.165, 1.54) is 12.8 Å². The molecule has 0 saturated heterocycles. The number of hydrogen-bond donors (Lipinski definition) is 0. The Bertz CT molecular complexity index is 431. The van der Waals surface area contributed by atoms with Crippen molar-refractivity contribution in [2.75, 3.05) is 0 Å². The van der Waals surface area contributed by atoms with E-state index >= 15 is 0 Å². The summed E-state index contributed by atoms with van der Waals surface area (Å²) in [5, 5.41) is 0. The fourth-order valence-corrected chi connectivity index (χ4v) is 2.99. The molecular weight excluding hydrogens is 238 g/mol. The summed E-state index contributed by atoms with van der Waals surface area (Å²) in [6.07, 6.45) is 7.91. The number of pyridine rings is 1. The minimum Gasteiger partial charge on any atom is -0.488 e. The topological polar surface area (TPSA) is 39.2 Å². The van der Waals surface area contributed by atoms with Crippen molar-refractivity contribution >= 4 is 6.29 Å². The van der Waals surface area contributed by atoms with E-state index in [2.05, 4.69) is 25.8 Å². The Balaban J connectivity index is 2.11. The SMILES string of the molecule is CC1CCC(C(C)C)C(Oc2cncc(C=O)c2)C1. The number of rotatable bonds is 4. The number of hydrogen-bond acceptors (Lipinski definition) is 3. The van der Waals surface area contributed by atoms with E-state index in [4.69, 9.17) is 4.74 Å². The third-order valence-electron chi connectivity index (χ3n) is 4.12. The van der Waals surface area contributed by atoms with Crippen molar-refractivity contribution in [3.8, 4) is 5.75 Å². The standard InChI is InChI=1S/C16H23NO2/c1-11(2)15-5-4-12(3)6-16(15)19-14-7-13(10-18)8-17-9-14/h7-12,15-16H,4-6H2,1-3H3. The highest BCUT2D eigenvalue weighted by Gasteiger charge is 2.32. The van der Waals surface area contributed by atoms with Crippen LogP contribution in [0.15, 0.2) is 18.5 Å². The summed E-state index contributed by atoms with van der Waals surface area (Å²) < 4.78 is 6.12. The Morgan fingerprint density at radius 1 is 1.37 bits per heavy atom. The van der Waals surface area contributed by atoms with Gasteiger partial charge in [0.25, 0.3) is 0 Å². The zero-order valence-electron chi connectivity index (χ0n) is 12.0. The van der Waals surface area contributed by atoms with Gasteiger partial charge in [0, 0.05) is 11.8 Å². The van der Waals surface area contributed by atoms with Crippen LogP contribution in [-0.2, 0) is 0 Å². The summed E-state index contributed by atoms with van der Waals surface area (Å²) in [4.78, 5) is 14.8. The van der Waals surface area contributed by atoms with Crippen LogP contribution in [0, 0.1) is 17.8 Å². The van der Waals surface area contributed by atoms with Gasteiger partial charge in [0.15, 0.2) is 6.29 Å². The highest BCUT2D eigenvalue weighted by atomic mass is 16.5. The molecule has 1 heterocycles. The summed E-state index contributed by atoms with van der Waals surface area (Å²) in [5.41, 5.74) is 0.572. The Hall–Kier alpha value is -1.38. The maximum absolute atomic E-state index is 10.8. The summed E-state index contributed by atoms with van der Waals surface area (Å²) in [6, 6.07) is 1.77. The third-order valence-corrected chi connectivity index (χ3v) is 4.12. The van der Waals surface area contributed by atoms with Gasteiger partial charge in [-0.25, -0.2) is 0 Å². The smallest absolute Gasteiger partial charge is 0.151 e. The molecule has 19 heavy (non-hydrogen) atoms. The molecule has 1 aromatic heterocycles. The maximum atomic E-state index is 10.8. The van der Waals surface area contributed by atoms with E-state index in [1.807, 2.05) is 0 Å². The lowest BCUT2D eigenvalue weighted by molar-refractivity contribution is 0.0457. The molecule has 2 rings (SSSR count). The predicted octanol–water partition coefficient (Wildman–Crippen LogP) is 3.73.